The molecule has 1 atom stereocenters. The highest BCUT2D eigenvalue weighted by Gasteiger charge is 2.25. The molecular formula is C17H21F2N3O. The van der Waals surface area contributed by atoms with Crippen LogP contribution >= 0.6 is 0 Å². The lowest BCUT2D eigenvalue weighted by molar-refractivity contribution is 0.0717. The Morgan fingerprint density at radius 3 is 2.74 bits per heavy atom. The van der Waals surface area contributed by atoms with Gasteiger partial charge in [0.1, 0.15) is 17.9 Å². The SMILES string of the molecule is Cc1nc(CN2CCN(Cc3ccc(F)cc3F)C(C)C2)co1. The Kier molecular flexibility index (Phi) is 4.73. The first-order valence-electron chi connectivity index (χ1n) is 7.82. The summed E-state index contributed by atoms with van der Waals surface area (Å²) in [5.74, 6) is -0.330. The van der Waals surface area contributed by atoms with E-state index in [-0.39, 0.29) is 0 Å². The highest BCUT2D eigenvalue weighted by atomic mass is 19.1. The Morgan fingerprint density at radius 1 is 1.26 bits per heavy atom. The van der Waals surface area contributed by atoms with Crippen molar-refractivity contribution < 1.29 is 13.2 Å². The van der Waals surface area contributed by atoms with Crippen molar-refractivity contribution in [1.29, 1.82) is 0 Å². The molecule has 0 radical (unpaired) electrons. The molecule has 0 spiro atoms. The zero-order valence-electron chi connectivity index (χ0n) is 13.4. The van der Waals surface area contributed by atoms with Crippen LogP contribution in [0.5, 0.6) is 0 Å². The van der Waals surface area contributed by atoms with Gasteiger partial charge in [-0.15, -0.1) is 0 Å². The second-order valence-electron chi connectivity index (χ2n) is 6.15. The summed E-state index contributed by atoms with van der Waals surface area (Å²) < 4.78 is 32.0. The second kappa shape index (κ2) is 6.76. The number of halogens is 2. The molecule has 0 aliphatic carbocycles. The van der Waals surface area contributed by atoms with Crippen LogP contribution < -0.4 is 0 Å². The van der Waals surface area contributed by atoms with E-state index in [0.717, 1.165) is 37.9 Å². The molecule has 1 unspecified atom stereocenters. The molecule has 2 heterocycles. The number of benzene rings is 1. The van der Waals surface area contributed by atoms with E-state index in [1.165, 1.54) is 12.1 Å². The number of aromatic nitrogens is 1. The molecule has 0 bridgehead atoms. The van der Waals surface area contributed by atoms with Gasteiger partial charge in [0.15, 0.2) is 5.89 Å². The van der Waals surface area contributed by atoms with E-state index in [1.807, 2.05) is 6.92 Å². The Balaban J connectivity index is 1.58. The minimum absolute atomic E-state index is 0.293. The quantitative estimate of drug-likeness (QED) is 0.867. The van der Waals surface area contributed by atoms with Crippen LogP contribution in [0.4, 0.5) is 8.78 Å². The third-order valence-corrected chi connectivity index (χ3v) is 4.29. The molecule has 3 rings (SSSR count). The van der Waals surface area contributed by atoms with Gasteiger partial charge in [-0.25, -0.2) is 13.8 Å². The van der Waals surface area contributed by atoms with E-state index in [9.17, 15) is 8.78 Å². The van der Waals surface area contributed by atoms with Gasteiger partial charge in [0.05, 0.1) is 5.69 Å². The van der Waals surface area contributed by atoms with E-state index in [0.29, 0.717) is 24.0 Å². The summed E-state index contributed by atoms with van der Waals surface area (Å²) in [7, 11) is 0. The number of piperazine rings is 1. The molecular weight excluding hydrogens is 300 g/mol. The molecule has 6 heteroatoms. The van der Waals surface area contributed by atoms with Crippen LogP contribution in [0.3, 0.4) is 0 Å². The predicted molar refractivity (Wildman–Crippen MR) is 82.7 cm³/mol. The highest BCUT2D eigenvalue weighted by molar-refractivity contribution is 5.18. The van der Waals surface area contributed by atoms with Crippen LogP contribution in [-0.4, -0.2) is 40.5 Å². The standard InChI is InChI=1S/C17H21F2N3O/c1-12-8-21(10-16-11-23-13(2)20-16)5-6-22(12)9-14-3-4-15(18)7-17(14)19/h3-4,7,11-12H,5-6,8-10H2,1-2H3. The molecule has 2 aromatic rings. The van der Waals surface area contributed by atoms with Gasteiger partial charge in [-0.05, 0) is 13.0 Å². The van der Waals surface area contributed by atoms with E-state index >= 15 is 0 Å². The largest absolute Gasteiger partial charge is 0.449 e. The number of oxazole rings is 1. The molecule has 1 aliphatic rings. The highest BCUT2D eigenvalue weighted by Crippen LogP contribution is 2.18. The summed E-state index contributed by atoms with van der Waals surface area (Å²) in [6.07, 6.45) is 1.69. The van der Waals surface area contributed by atoms with Crippen LogP contribution in [-0.2, 0) is 13.1 Å². The lowest BCUT2D eigenvalue weighted by atomic mass is 10.1. The van der Waals surface area contributed by atoms with Crippen LogP contribution in [0.25, 0.3) is 0 Å². The van der Waals surface area contributed by atoms with Crippen LogP contribution in [0, 0.1) is 18.6 Å². The topological polar surface area (TPSA) is 32.5 Å². The van der Waals surface area contributed by atoms with Gasteiger partial charge in [-0.2, -0.15) is 0 Å². The number of rotatable bonds is 4. The Morgan fingerprint density at radius 2 is 2.09 bits per heavy atom. The molecule has 0 amide bonds. The van der Waals surface area contributed by atoms with Crippen LogP contribution in [0.15, 0.2) is 28.9 Å². The van der Waals surface area contributed by atoms with Crippen molar-refractivity contribution in [1.82, 2.24) is 14.8 Å². The van der Waals surface area contributed by atoms with Crippen molar-refractivity contribution >= 4 is 0 Å². The minimum atomic E-state index is -0.535. The Labute approximate surface area is 134 Å². The molecule has 1 saturated heterocycles. The van der Waals surface area contributed by atoms with Gasteiger partial charge in [-0.1, -0.05) is 6.07 Å². The third kappa shape index (κ3) is 3.95. The Hall–Kier alpha value is -1.79. The summed E-state index contributed by atoms with van der Waals surface area (Å²) in [6.45, 7) is 7.84. The normalized spacial score (nSPS) is 20.1. The molecule has 124 valence electrons. The van der Waals surface area contributed by atoms with Gasteiger partial charge in [0.2, 0.25) is 0 Å². The molecule has 23 heavy (non-hydrogen) atoms. The van der Waals surface area contributed by atoms with Crippen LogP contribution in [0.2, 0.25) is 0 Å². The second-order valence-corrected chi connectivity index (χ2v) is 6.15. The summed E-state index contributed by atoms with van der Waals surface area (Å²) in [5.41, 5.74) is 1.48. The van der Waals surface area contributed by atoms with E-state index in [4.69, 9.17) is 4.42 Å². The van der Waals surface area contributed by atoms with Gasteiger partial charge in [0.25, 0.3) is 0 Å². The van der Waals surface area contributed by atoms with E-state index in [1.54, 1.807) is 6.26 Å². The monoisotopic (exact) mass is 321 g/mol. The van der Waals surface area contributed by atoms with Crippen molar-refractivity contribution in [2.45, 2.75) is 33.0 Å². The van der Waals surface area contributed by atoms with Crippen molar-refractivity contribution in [3.05, 3.63) is 53.2 Å². The number of aryl methyl sites for hydroxylation is 1. The zero-order chi connectivity index (χ0) is 16.4. The fraction of sp³-hybridized carbons (Fsp3) is 0.471. The summed E-state index contributed by atoms with van der Waals surface area (Å²) >= 11 is 0. The summed E-state index contributed by atoms with van der Waals surface area (Å²) in [4.78, 5) is 8.87. The lowest BCUT2D eigenvalue weighted by Crippen LogP contribution is -2.51. The molecule has 4 nitrogen and oxygen atoms in total. The van der Waals surface area contributed by atoms with Crippen LogP contribution in [0.1, 0.15) is 24.1 Å². The van der Waals surface area contributed by atoms with Crippen molar-refractivity contribution in [2.24, 2.45) is 0 Å². The molecule has 1 aliphatic heterocycles. The fourth-order valence-corrected chi connectivity index (χ4v) is 3.03. The first kappa shape index (κ1) is 16.1. The van der Waals surface area contributed by atoms with Crippen molar-refractivity contribution in [3.63, 3.8) is 0 Å². The van der Waals surface area contributed by atoms with Crippen molar-refractivity contribution in [2.75, 3.05) is 19.6 Å². The molecule has 1 fully saturated rings. The smallest absolute Gasteiger partial charge is 0.191 e. The number of hydrogen-bond donors (Lipinski definition) is 0. The predicted octanol–water partition coefficient (Wildman–Crippen LogP) is 2.97. The molecule has 0 saturated carbocycles. The third-order valence-electron chi connectivity index (χ3n) is 4.29. The average Bonchev–Trinajstić information content (AvgIpc) is 2.89. The molecule has 1 aromatic heterocycles. The summed E-state index contributed by atoms with van der Waals surface area (Å²) in [6, 6.07) is 4.08. The van der Waals surface area contributed by atoms with Gasteiger partial charge < -0.3 is 4.42 Å². The fourth-order valence-electron chi connectivity index (χ4n) is 3.03. The maximum Gasteiger partial charge on any atom is 0.191 e. The summed E-state index contributed by atoms with van der Waals surface area (Å²) in [5, 5.41) is 0. The zero-order valence-corrected chi connectivity index (χ0v) is 13.4. The average molecular weight is 321 g/mol. The number of hydrogen-bond acceptors (Lipinski definition) is 4. The van der Waals surface area contributed by atoms with Gasteiger partial charge in [-0.3, -0.25) is 9.80 Å². The maximum atomic E-state index is 13.8. The first-order valence-corrected chi connectivity index (χ1v) is 7.82. The number of nitrogens with zero attached hydrogens (tertiary/aromatic N) is 3. The first-order chi connectivity index (χ1) is 11.0. The maximum absolute atomic E-state index is 13.8. The molecule has 1 aromatic carbocycles. The van der Waals surface area contributed by atoms with Gasteiger partial charge >= 0.3 is 0 Å². The van der Waals surface area contributed by atoms with Gasteiger partial charge in [0, 0.05) is 57.3 Å². The van der Waals surface area contributed by atoms with Crippen molar-refractivity contribution in [3.8, 4) is 0 Å². The minimum Gasteiger partial charge on any atom is -0.449 e. The Bertz CT molecular complexity index is 674. The van der Waals surface area contributed by atoms with E-state index in [2.05, 4.69) is 21.7 Å². The lowest BCUT2D eigenvalue weighted by Gasteiger charge is -2.39. The van der Waals surface area contributed by atoms with E-state index < -0.39 is 11.6 Å². The molecule has 0 N–H and O–H groups in total.